The monoisotopic (exact) mass is 368 g/mol. The third-order valence-corrected chi connectivity index (χ3v) is 4.34. The lowest BCUT2D eigenvalue weighted by molar-refractivity contribution is -0.910. The summed E-state index contributed by atoms with van der Waals surface area (Å²) in [5, 5.41) is 15.7. The Morgan fingerprint density at radius 1 is 1.23 bits per heavy atom. The van der Waals surface area contributed by atoms with Crippen LogP contribution in [0.4, 0.5) is 5.69 Å². The van der Waals surface area contributed by atoms with E-state index in [1.165, 1.54) is 19.1 Å². The van der Waals surface area contributed by atoms with Crippen LogP contribution >= 0.6 is 0 Å². The maximum atomic E-state index is 12.3. The number of quaternary nitrogens is 2. The smallest absolute Gasteiger partial charge is 0.230 e. The average Bonchev–Trinajstić information content (AvgIpc) is 2.63. The molecule has 0 fully saturated rings. The van der Waals surface area contributed by atoms with Crippen molar-refractivity contribution in [3.8, 4) is 11.5 Å². The maximum absolute atomic E-state index is 12.3. The van der Waals surface area contributed by atoms with E-state index in [-0.39, 0.29) is 6.42 Å². The number of anilines is 1. The van der Waals surface area contributed by atoms with Crippen molar-refractivity contribution in [2.24, 2.45) is 0 Å². The van der Waals surface area contributed by atoms with Gasteiger partial charge < -0.3 is 34.9 Å². The summed E-state index contributed by atoms with van der Waals surface area (Å²) in [5.74, 6) is -0.630. The Labute approximate surface area is 154 Å². The summed E-state index contributed by atoms with van der Waals surface area (Å²) in [6, 6.07) is 4.07. The number of carboxylic acid groups (broad SMARTS) is 1. The van der Waals surface area contributed by atoms with Crippen LogP contribution in [0.1, 0.15) is 20.3 Å². The second kappa shape index (κ2) is 11.3. The molecule has 1 atom stereocenters. The predicted molar refractivity (Wildman–Crippen MR) is 95.3 cm³/mol. The van der Waals surface area contributed by atoms with Gasteiger partial charge in [-0.1, -0.05) is 0 Å². The minimum Gasteiger partial charge on any atom is -0.544 e. The predicted octanol–water partition coefficient (Wildman–Crippen LogP) is -2.36. The zero-order chi connectivity index (χ0) is 19.5. The number of aliphatic carboxylic acids is 1. The van der Waals surface area contributed by atoms with E-state index in [0.29, 0.717) is 23.7 Å². The van der Waals surface area contributed by atoms with Gasteiger partial charge in [-0.2, -0.15) is 0 Å². The Kier molecular flexibility index (Phi) is 9.46. The van der Waals surface area contributed by atoms with Crippen LogP contribution in [0.5, 0.6) is 11.5 Å². The minimum atomic E-state index is -1.24. The molecule has 26 heavy (non-hydrogen) atoms. The van der Waals surface area contributed by atoms with Crippen molar-refractivity contribution in [2.75, 3.05) is 45.7 Å². The zero-order valence-corrected chi connectivity index (χ0v) is 16.0. The molecule has 8 nitrogen and oxygen atoms in total. The number of methoxy groups -OCH3 is 2. The van der Waals surface area contributed by atoms with Gasteiger partial charge in [-0.3, -0.25) is 4.79 Å². The quantitative estimate of drug-likeness (QED) is 0.382. The van der Waals surface area contributed by atoms with Gasteiger partial charge >= 0.3 is 0 Å². The molecule has 0 aliphatic carbocycles. The molecule has 0 aliphatic rings. The number of benzene rings is 1. The van der Waals surface area contributed by atoms with Crippen LogP contribution in [0.25, 0.3) is 0 Å². The molecule has 1 amide bonds. The van der Waals surface area contributed by atoms with E-state index >= 15 is 0 Å². The third kappa shape index (κ3) is 6.89. The molecule has 1 rings (SSSR count). The summed E-state index contributed by atoms with van der Waals surface area (Å²) in [6.07, 6.45) is -0.184. The number of hydrogen-bond donors (Lipinski definition) is 3. The molecule has 0 saturated heterocycles. The first-order valence-electron chi connectivity index (χ1n) is 8.84. The zero-order valence-electron chi connectivity index (χ0n) is 16.0. The molecular weight excluding hydrogens is 338 g/mol. The van der Waals surface area contributed by atoms with Gasteiger partial charge in [0.05, 0.1) is 45.4 Å². The van der Waals surface area contributed by atoms with Crippen molar-refractivity contribution in [3.05, 3.63) is 18.2 Å². The molecular formula is C18H30N3O5+. The Hall–Kier alpha value is -2.32. The molecule has 4 N–H and O–H groups in total. The number of amides is 1. The van der Waals surface area contributed by atoms with Crippen LogP contribution in [-0.4, -0.2) is 58.3 Å². The highest BCUT2D eigenvalue weighted by molar-refractivity contribution is 5.94. The number of rotatable bonds is 12. The molecule has 1 aromatic rings. The molecule has 1 aromatic carbocycles. The first-order valence-corrected chi connectivity index (χ1v) is 8.84. The Morgan fingerprint density at radius 3 is 2.46 bits per heavy atom. The van der Waals surface area contributed by atoms with Crippen LogP contribution in [-0.2, 0) is 9.59 Å². The van der Waals surface area contributed by atoms with Crippen LogP contribution < -0.4 is 30.1 Å². The van der Waals surface area contributed by atoms with Crippen LogP contribution in [0, 0.1) is 0 Å². The van der Waals surface area contributed by atoms with Gasteiger partial charge in [0.1, 0.15) is 30.6 Å². The highest BCUT2D eigenvalue weighted by Crippen LogP contribution is 2.28. The molecule has 0 spiro atoms. The van der Waals surface area contributed by atoms with Gasteiger partial charge in [-0.25, -0.2) is 0 Å². The van der Waals surface area contributed by atoms with E-state index in [4.69, 9.17) is 9.47 Å². The van der Waals surface area contributed by atoms with Gasteiger partial charge in [0.15, 0.2) is 0 Å². The van der Waals surface area contributed by atoms with E-state index in [9.17, 15) is 14.7 Å². The molecule has 0 aliphatic heterocycles. The lowest BCUT2D eigenvalue weighted by atomic mass is 10.2. The summed E-state index contributed by atoms with van der Waals surface area (Å²) in [4.78, 5) is 25.0. The molecule has 0 bridgehead atoms. The fourth-order valence-corrected chi connectivity index (χ4v) is 2.67. The van der Waals surface area contributed by atoms with E-state index in [1.807, 2.05) is 0 Å². The maximum Gasteiger partial charge on any atom is 0.230 e. The highest BCUT2D eigenvalue weighted by atomic mass is 16.5. The first kappa shape index (κ1) is 21.7. The Morgan fingerprint density at radius 2 is 1.92 bits per heavy atom. The topological polar surface area (TPSA) is 109 Å². The summed E-state index contributed by atoms with van der Waals surface area (Å²) < 4.78 is 10.3. The van der Waals surface area contributed by atoms with Crippen LogP contribution in [0.2, 0.25) is 0 Å². The molecule has 8 heteroatoms. The number of carbonyl (C=O) groups excluding carboxylic acids is 2. The van der Waals surface area contributed by atoms with Crippen molar-refractivity contribution in [1.29, 1.82) is 0 Å². The normalized spacial score (nSPS) is 11.9. The van der Waals surface area contributed by atoms with Crippen molar-refractivity contribution < 1.29 is 34.4 Å². The van der Waals surface area contributed by atoms with Crippen molar-refractivity contribution >= 4 is 17.6 Å². The molecule has 0 radical (unpaired) electrons. The molecule has 0 aromatic heterocycles. The van der Waals surface area contributed by atoms with E-state index in [0.717, 1.165) is 19.6 Å². The number of nitrogens with one attached hydrogen (secondary N) is 2. The number of hydrogen-bond acceptors (Lipinski definition) is 5. The summed E-state index contributed by atoms with van der Waals surface area (Å²) >= 11 is 0. The van der Waals surface area contributed by atoms with Crippen molar-refractivity contribution in [1.82, 2.24) is 0 Å². The largest absolute Gasteiger partial charge is 0.544 e. The van der Waals surface area contributed by atoms with E-state index in [2.05, 4.69) is 19.2 Å². The Balaban J connectivity index is 2.66. The van der Waals surface area contributed by atoms with Gasteiger partial charge in [-0.05, 0) is 26.0 Å². The fourth-order valence-electron chi connectivity index (χ4n) is 2.67. The second-order valence-electron chi connectivity index (χ2n) is 5.98. The fraction of sp³-hybridized carbons (Fsp3) is 0.556. The Bertz CT molecular complexity index is 590. The van der Waals surface area contributed by atoms with Crippen molar-refractivity contribution in [2.45, 2.75) is 26.3 Å². The SMILES string of the molecule is CC[NH+](CC)CC[NH2+][C@@H](CC(=O)Nc1cc(OC)ccc1OC)C(=O)[O-]. The number of carbonyl (C=O) groups is 2. The van der Waals surface area contributed by atoms with Gasteiger partial charge in [-0.15, -0.1) is 0 Å². The second-order valence-corrected chi connectivity index (χ2v) is 5.98. The molecule has 0 saturated carbocycles. The van der Waals surface area contributed by atoms with Gasteiger partial charge in [0, 0.05) is 6.07 Å². The van der Waals surface area contributed by atoms with Gasteiger partial charge in [0.25, 0.3) is 0 Å². The summed E-state index contributed by atoms with van der Waals surface area (Å²) in [7, 11) is 3.01. The standard InChI is InChI=1S/C18H29N3O5/c1-5-21(6-2)10-9-19-15(18(23)24)12-17(22)20-14-11-13(25-3)7-8-16(14)26-4/h7-8,11,15,19H,5-6,9-10,12H2,1-4H3,(H,20,22)(H,23,24)/p+1/t15-/m0/s1. The number of ether oxygens (including phenoxy) is 2. The number of likely N-dealkylation sites (N-methyl/N-ethyl adjacent to an activating group) is 1. The van der Waals surface area contributed by atoms with Gasteiger partial charge in [0.2, 0.25) is 5.91 Å². The van der Waals surface area contributed by atoms with Crippen LogP contribution in [0.3, 0.4) is 0 Å². The number of carboxylic acids is 1. The van der Waals surface area contributed by atoms with E-state index < -0.39 is 17.9 Å². The first-order chi connectivity index (χ1) is 12.4. The third-order valence-electron chi connectivity index (χ3n) is 4.34. The molecule has 0 heterocycles. The van der Waals surface area contributed by atoms with Crippen LogP contribution in [0.15, 0.2) is 18.2 Å². The highest BCUT2D eigenvalue weighted by Gasteiger charge is 2.20. The summed E-state index contributed by atoms with van der Waals surface area (Å²) in [5.41, 5.74) is 0.432. The number of nitrogens with two attached hydrogens (primary N) is 1. The summed E-state index contributed by atoms with van der Waals surface area (Å²) in [6.45, 7) is 7.59. The average molecular weight is 368 g/mol. The lowest BCUT2D eigenvalue weighted by Crippen LogP contribution is -3.14. The van der Waals surface area contributed by atoms with Crippen molar-refractivity contribution in [3.63, 3.8) is 0 Å². The minimum absolute atomic E-state index is 0.184. The molecule has 0 unspecified atom stereocenters. The lowest BCUT2D eigenvalue weighted by Gasteiger charge is -2.19. The van der Waals surface area contributed by atoms with E-state index in [1.54, 1.807) is 23.5 Å². The molecule has 146 valence electrons.